The maximum absolute atomic E-state index is 12.8. The molecule has 0 radical (unpaired) electrons. The van der Waals surface area contributed by atoms with Crippen LogP contribution in [0.2, 0.25) is 5.02 Å². The standard InChI is InChI=1S/C21H25ClN2OS/c1-4-21(2,3)13-7-10-15-16(11-13)26-20-17(15)19(25)23-18(24-20)12-5-8-14(22)9-6-12/h5-6,8-9,13,18,24H,4,7,10-11H2,1-3H3,(H,23,25). The zero-order valence-electron chi connectivity index (χ0n) is 15.5. The van der Waals surface area contributed by atoms with Gasteiger partial charge in [0.25, 0.3) is 5.91 Å². The molecule has 1 aromatic carbocycles. The van der Waals surface area contributed by atoms with E-state index in [4.69, 9.17) is 11.6 Å². The predicted molar refractivity (Wildman–Crippen MR) is 109 cm³/mol. The van der Waals surface area contributed by atoms with Crippen LogP contribution in [0, 0.1) is 11.3 Å². The van der Waals surface area contributed by atoms with Crippen LogP contribution in [0.25, 0.3) is 0 Å². The van der Waals surface area contributed by atoms with E-state index in [1.165, 1.54) is 23.3 Å². The van der Waals surface area contributed by atoms with Crippen molar-refractivity contribution in [3.05, 3.63) is 50.9 Å². The van der Waals surface area contributed by atoms with Gasteiger partial charge in [-0.25, -0.2) is 0 Å². The summed E-state index contributed by atoms with van der Waals surface area (Å²) in [6.45, 7) is 7.02. The summed E-state index contributed by atoms with van der Waals surface area (Å²) in [6, 6.07) is 7.63. The van der Waals surface area contributed by atoms with Crippen LogP contribution in [0.15, 0.2) is 24.3 Å². The first kappa shape index (κ1) is 17.9. The average molecular weight is 389 g/mol. The van der Waals surface area contributed by atoms with E-state index in [0.717, 1.165) is 29.0 Å². The van der Waals surface area contributed by atoms with Gasteiger partial charge in [-0.15, -0.1) is 11.3 Å². The lowest BCUT2D eigenvalue weighted by Crippen LogP contribution is -2.38. The van der Waals surface area contributed by atoms with E-state index in [2.05, 4.69) is 31.4 Å². The molecule has 3 nitrogen and oxygen atoms in total. The molecule has 0 saturated heterocycles. The zero-order chi connectivity index (χ0) is 18.5. The molecule has 2 heterocycles. The van der Waals surface area contributed by atoms with Crippen molar-refractivity contribution in [1.29, 1.82) is 0 Å². The Bertz CT molecular complexity index is 840. The summed E-state index contributed by atoms with van der Waals surface area (Å²) in [4.78, 5) is 14.2. The van der Waals surface area contributed by atoms with E-state index in [9.17, 15) is 4.79 Å². The van der Waals surface area contributed by atoms with Crippen LogP contribution in [0.3, 0.4) is 0 Å². The number of amides is 1. The van der Waals surface area contributed by atoms with Gasteiger partial charge < -0.3 is 10.6 Å². The Morgan fingerprint density at radius 3 is 2.65 bits per heavy atom. The highest BCUT2D eigenvalue weighted by Gasteiger charge is 2.37. The zero-order valence-corrected chi connectivity index (χ0v) is 17.1. The number of carbonyl (C=O) groups excluding carboxylic acids is 1. The van der Waals surface area contributed by atoms with E-state index in [1.54, 1.807) is 11.3 Å². The van der Waals surface area contributed by atoms with Crippen LogP contribution in [0.5, 0.6) is 0 Å². The first-order valence-corrected chi connectivity index (χ1v) is 10.6. The Hall–Kier alpha value is -1.52. The summed E-state index contributed by atoms with van der Waals surface area (Å²) in [5.74, 6) is 0.736. The number of nitrogens with one attached hydrogen (secondary N) is 2. The van der Waals surface area contributed by atoms with E-state index in [-0.39, 0.29) is 12.1 Å². The molecule has 2 aliphatic rings. The molecule has 26 heavy (non-hydrogen) atoms. The number of rotatable bonds is 3. The molecule has 2 unspecified atom stereocenters. The molecule has 2 aromatic rings. The Labute approximate surface area is 164 Å². The van der Waals surface area contributed by atoms with E-state index in [0.29, 0.717) is 16.4 Å². The van der Waals surface area contributed by atoms with E-state index < -0.39 is 0 Å². The molecule has 2 atom stereocenters. The van der Waals surface area contributed by atoms with Crippen LogP contribution < -0.4 is 10.6 Å². The summed E-state index contributed by atoms with van der Waals surface area (Å²) >= 11 is 7.76. The third-order valence-electron chi connectivity index (χ3n) is 6.26. The number of benzene rings is 1. The third kappa shape index (κ3) is 3.03. The van der Waals surface area contributed by atoms with Crippen molar-refractivity contribution in [2.24, 2.45) is 11.3 Å². The number of fused-ring (bicyclic) bond motifs is 3. The van der Waals surface area contributed by atoms with Crippen LogP contribution in [-0.2, 0) is 12.8 Å². The number of hydrogen-bond acceptors (Lipinski definition) is 3. The highest BCUT2D eigenvalue weighted by atomic mass is 35.5. The van der Waals surface area contributed by atoms with Gasteiger partial charge in [0.15, 0.2) is 0 Å². The molecule has 5 heteroatoms. The maximum Gasteiger partial charge on any atom is 0.256 e. The van der Waals surface area contributed by atoms with Crippen LogP contribution >= 0.6 is 22.9 Å². The molecule has 4 rings (SSSR count). The van der Waals surface area contributed by atoms with Gasteiger partial charge in [-0.2, -0.15) is 0 Å². The number of carbonyl (C=O) groups is 1. The average Bonchev–Trinajstić information content (AvgIpc) is 3.00. The summed E-state index contributed by atoms with van der Waals surface area (Å²) < 4.78 is 0. The van der Waals surface area contributed by atoms with Gasteiger partial charge in [-0.3, -0.25) is 4.79 Å². The van der Waals surface area contributed by atoms with Crippen molar-refractivity contribution in [2.75, 3.05) is 5.32 Å². The largest absolute Gasteiger partial charge is 0.353 e. The van der Waals surface area contributed by atoms with Gasteiger partial charge in [0, 0.05) is 9.90 Å². The summed E-state index contributed by atoms with van der Waals surface area (Å²) in [6.07, 6.45) is 4.26. The second kappa shape index (κ2) is 6.58. The molecule has 1 aliphatic heterocycles. The minimum absolute atomic E-state index is 0.0457. The van der Waals surface area contributed by atoms with Gasteiger partial charge in [-0.05, 0) is 53.9 Å². The van der Waals surface area contributed by atoms with Crippen molar-refractivity contribution in [3.63, 3.8) is 0 Å². The monoisotopic (exact) mass is 388 g/mol. The van der Waals surface area contributed by atoms with E-state index >= 15 is 0 Å². The van der Waals surface area contributed by atoms with Gasteiger partial charge in [0.05, 0.1) is 5.56 Å². The molecule has 1 aromatic heterocycles. The molecule has 0 saturated carbocycles. The Kier molecular flexibility index (Phi) is 4.52. The Morgan fingerprint density at radius 1 is 1.23 bits per heavy atom. The van der Waals surface area contributed by atoms with Gasteiger partial charge in [-0.1, -0.05) is 50.9 Å². The molecule has 0 fully saturated rings. The van der Waals surface area contributed by atoms with Crippen molar-refractivity contribution < 1.29 is 4.79 Å². The lowest BCUT2D eigenvalue weighted by Gasteiger charge is -2.36. The molecule has 1 aliphatic carbocycles. The van der Waals surface area contributed by atoms with Gasteiger partial charge >= 0.3 is 0 Å². The molecule has 2 N–H and O–H groups in total. The number of hydrogen-bond donors (Lipinski definition) is 2. The number of halogens is 1. The smallest absolute Gasteiger partial charge is 0.256 e. The van der Waals surface area contributed by atoms with Crippen LogP contribution in [0.4, 0.5) is 5.00 Å². The highest BCUT2D eigenvalue weighted by molar-refractivity contribution is 7.16. The molecular weight excluding hydrogens is 364 g/mol. The van der Waals surface area contributed by atoms with Crippen molar-refractivity contribution in [3.8, 4) is 0 Å². The van der Waals surface area contributed by atoms with Crippen molar-refractivity contribution in [1.82, 2.24) is 5.32 Å². The van der Waals surface area contributed by atoms with Crippen LogP contribution in [-0.4, -0.2) is 5.91 Å². The summed E-state index contributed by atoms with van der Waals surface area (Å²) in [7, 11) is 0. The normalized spacial score (nSPS) is 22.2. The summed E-state index contributed by atoms with van der Waals surface area (Å²) in [5, 5.41) is 8.37. The van der Waals surface area contributed by atoms with Crippen molar-refractivity contribution >= 4 is 33.8 Å². The third-order valence-corrected chi connectivity index (χ3v) is 7.70. The number of thiophene rings is 1. The van der Waals surface area contributed by atoms with E-state index in [1.807, 2.05) is 24.3 Å². The van der Waals surface area contributed by atoms with Crippen molar-refractivity contribution in [2.45, 2.75) is 52.6 Å². The second-order valence-electron chi connectivity index (χ2n) is 8.09. The summed E-state index contributed by atoms with van der Waals surface area (Å²) in [5.41, 5.74) is 3.52. The quantitative estimate of drug-likeness (QED) is 0.697. The first-order valence-electron chi connectivity index (χ1n) is 9.36. The van der Waals surface area contributed by atoms with Gasteiger partial charge in [0.1, 0.15) is 11.2 Å². The topological polar surface area (TPSA) is 41.1 Å². The van der Waals surface area contributed by atoms with Crippen LogP contribution in [0.1, 0.15) is 66.1 Å². The highest BCUT2D eigenvalue weighted by Crippen LogP contribution is 2.46. The molecule has 0 spiro atoms. The first-order chi connectivity index (χ1) is 12.4. The minimum Gasteiger partial charge on any atom is -0.353 e. The fraction of sp³-hybridized carbons (Fsp3) is 0.476. The molecule has 1 amide bonds. The molecule has 0 bridgehead atoms. The fourth-order valence-corrected chi connectivity index (χ4v) is 5.55. The SMILES string of the molecule is CCC(C)(C)C1CCc2c(sc3c2C(=O)NC(c2ccc(Cl)cc2)N3)C1. The lowest BCUT2D eigenvalue weighted by atomic mass is 9.69. The fourth-order valence-electron chi connectivity index (χ4n) is 4.08. The predicted octanol–water partition coefficient (Wildman–Crippen LogP) is 5.80. The second-order valence-corrected chi connectivity index (χ2v) is 9.63. The molecule has 138 valence electrons. The Balaban J connectivity index is 1.63. The number of anilines is 1. The molecular formula is C21H25ClN2OS. The Morgan fingerprint density at radius 2 is 1.96 bits per heavy atom. The maximum atomic E-state index is 12.8. The lowest BCUT2D eigenvalue weighted by molar-refractivity contribution is 0.0934. The van der Waals surface area contributed by atoms with Gasteiger partial charge in [0.2, 0.25) is 0 Å². The minimum atomic E-state index is -0.199.